The molecule has 0 aromatic carbocycles. The van der Waals surface area contributed by atoms with E-state index in [4.69, 9.17) is 4.74 Å². The van der Waals surface area contributed by atoms with Crippen LogP contribution in [0.25, 0.3) is 0 Å². The normalized spacial score (nSPS) is 12.6. The van der Waals surface area contributed by atoms with E-state index in [-0.39, 0.29) is 12.1 Å². The van der Waals surface area contributed by atoms with E-state index >= 15 is 0 Å². The molecule has 0 saturated carbocycles. The van der Waals surface area contributed by atoms with Crippen LogP contribution < -0.4 is 0 Å². The van der Waals surface area contributed by atoms with Gasteiger partial charge < -0.3 is 4.74 Å². The minimum atomic E-state index is -0.149. The summed E-state index contributed by atoms with van der Waals surface area (Å²) in [5.41, 5.74) is 0. The van der Waals surface area contributed by atoms with E-state index in [0.717, 1.165) is 31.0 Å². The van der Waals surface area contributed by atoms with Crippen LogP contribution in [0.3, 0.4) is 0 Å². The van der Waals surface area contributed by atoms with Crippen molar-refractivity contribution in [1.82, 2.24) is 0 Å². The highest BCUT2D eigenvalue weighted by atomic mass is 79.9. The first-order valence-corrected chi connectivity index (χ1v) is 11.8. The summed E-state index contributed by atoms with van der Waals surface area (Å²) >= 11 is 3.47. The number of unbranched alkanes of at least 4 members (excludes halogenated alkanes) is 10. The lowest BCUT2D eigenvalue weighted by Crippen LogP contribution is -2.16. The Hall–Kier alpha value is -0.310. The number of halogens is 1. The molecule has 0 rings (SSSR count). The van der Waals surface area contributed by atoms with Crippen molar-refractivity contribution in [2.45, 2.75) is 116 Å². The van der Waals surface area contributed by atoms with Crippen molar-refractivity contribution in [3.63, 3.8) is 0 Å². The average Bonchev–Trinajstić information content (AvgIpc) is 2.60. The molecule has 3 heteroatoms. The molecule has 0 bridgehead atoms. The van der Waals surface area contributed by atoms with Gasteiger partial charge in [0.15, 0.2) is 0 Å². The van der Waals surface area contributed by atoms with Gasteiger partial charge in [-0.2, -0.15) is 0 Å². The van der Waals surface area contributed by atoms with E-state index < -0.39 is 0 Å². The van der Waals surface area contributed by atoms with Crippen LogP contribution >= 0.6 is 15.9 Å². The molecule has 0 fully saturated rings. The molecule has 0 aliphatic carbocycles. The fourth-order valence-electron chi connectivity index (χ4n) is 3.01. The molecule has 2 nitrogen and oxygen atoms in total. The smallest absolute Gasteiger partial charge is 0.330 e. The molecular formula is C22H41BrO2. The van der Waals surface area contributed by atoms with E-state index in [2.05, 4.69) is 29.8 Å². The summed E-state index contributed by atoms with van der Waals surface area (Å²) in [6.45, 7) is 4.40. The van der Waals surface area contributed by atoms with Crippen molar-refractivity contribution >= 4 is 21.9 Å². The lowest BCUT2D eigenvalue weighted by atomic mass is 10.1. The van der Waals surface area contributed by atoms with Gasteiger partial charge in [-0.15, -0.1) is 0 Å². The molecule has 0 heterocycles. The molecule has 0 saturated heterocycles. The maximum absolute atomic E-state index is 12.0. The summed E-state index contributed by atoms with van der Waals surface area (Å²) < 4.78 is 5.65. The summed E-state index contributed by atoms with van der Waals surface area (Å²) in [5.74, 6) is -0.149. The van der Waals surface area contributed by atoms with E-state index in [1.54, 1.807) is 6.08 Å². The number of rotatable bonds is 18. The second-order valence-corrected chi connectivity index (χ2v) is 7.84. The minimum Gasteiger partial charge on any atom is -0.459 e. The van der Waals surface area contributed by atoms with Crippen molar-refractivity contribution in [2.24, 2.45) is 0 Å². The fraction of sp³-hybridized carbons (Fsp3) is 0.864. The van der Waals surface area contributed by atoms with Crippen LogP contribution in [0.15, 0.2) is 12.2 Å². The summed E-state index contributed by atoms with van der Waals surface area (Å²) in [7, 11) is 0. The zero-order valence-corrected chi connectivity index (χ0v) is 18.3. The van der Waals surface area contributed by atoms with Gasteiger partial charge >= 0.3 is 5.97 Å². The van der Waals surface area contributed by atoms with Crippen molar-refractivity contribution in [3.8, 4) is 0 Å². The van der Waals surface area contributed by atoms with Crippen molar-refractivity contribution in [2.75, 3.05) is 5.33 Å². The van der Waals surface area contributed by atoms with E-state index in [1.807, 2.05) is 6.08 Å². The van der Waals surface area contributed by atoms with Gasteiger partial charge in [0.25, 0.3) is 0 Å². The van der Waals surface area contributed by atoms with Crippen LogP contribution in [0.1, 0.15) is 110 Å². The number of alkyl halides is 1. The van der Waals surface area contributed by atoms with Crippen molar-refractivity contribution in [3.05, 3.63) is 12.2 Å². The Kier molecular flexibility index (Phi) is 19.8. The molecule has 0 aliphatic rings. The number of carbonyl (C=O) groups is 1. The summed E-state index contributed by atoms with van der Waals surface area (Å²) in [6.07, 6.45) is 21.8. The minimum absolute atomic E-state index is 0.104. The third-order valence-electron chi connectivity index (χ3n) is 4.53. The van der Waals surface area contributed by atoms with Gasteiger partial charge in [0.1, 0.15) is 6.10 Å². The van der Waals surface area contributed by atoms with Crippen LogP contribution in [-0.4, -0.2) is 17.4 Å². The Bertz CT molecular complexity index is 315. The second kappa shape index (κ2) is 20.0. The molecule has 1 atom stereocenters. The third kappa shape index (κ3) is 18.3. The summed E-state index contributed by atoms with van der Waals surface area (Å²) in [5, 5.41) is 1.11. The standard InChI is InChI=1S/C22H41BrO2/c1-3-5-6-7-8-9-12-15-19-22(24)25-21(17-4-2)18-14-11-10-13-16-20-23/h15,19,21H,3-14,16-18,20H2,1-2H3/b19-15+. The average molecular weight is 417 g/mol. The molecule has 0 aliphatic heterocycles. The number of esters is 1. The zero-order chi connectivity index (χ0) is 18.6. The maximum Gasteiger partial charge on any atom is 0.330 e. The Morgan fingerprint density at radius 3 is 2.16 bits per heavy atom. The molecule has 0 radical (unpaired) electrons. The SMILES string of the molecule is CCCCCCCC/C=C/C(=O)OC(CCC)CCCCCCCBr. The Morgan fingerprint density at radius 1 is 0.840 bits per heavy atom. The molecule has 0 amide bonds. The predicted octanol–water partition coefficient (Wildman–Crippen LogP) is 7.74. The number of hydrogen-bond donors (Lipinski definition) is 0. The predicted molar refractivity (Wildman–Crippen MR) is 113 cm³/mol. The highest BCUT2D eigenvalue weighted by molar-refractivity contribution is 9.09. The number of hydrogen-bond acceptors (Lipinski definition) is 2. The quantitative estimate of drug-likeness (QED) is 0.0987. The molecular weight excluding hydrogens is 376 g/mol. The number of allylic oxidation sites excluding steroid dienone is 1. The van der Waals surface area contributed by atoms with Gasteiger partial charge in [-0.25, -0.2) is 4.79 Å². The van der Waals surface area contributed by atoms with Gasteiger partial charge in [0, 0.05) is 11.4 Å². The van der Waals surface area contributed by atoms with Gasteiger partial charge in [-0.05, 0) is 38.5 Å². The summed E-state index contributed by atoms with van der Waals surface area (Å²) in [4.78, 5) is 12.0. The maximum atomic E-state index is 12.0. The van der Waals surface area contributed by atoms with Gasteiger partial charge in [-0.3, -0.25) is 0 Å². The van der Waals surface area contributed by atoms with Crippen LogP contribution in [0.5, 0.6) is 0 Å². The van der Waals surface area contributed by atoms with Crippen molar-refractivity contribution < 1.29 is 9.53 Å². The molecule has 0 spiro atoms. The topological polar surface area (TPSA) is 26.3 Å². The largest absolute Gasteiger partial charge is 0.459 e. The molecule has 0 aromatic rings. The number of carbonyl (C=O) groups excluding carboxylic acids is 1. The van der Waals surface area contributed by atoms with Gasteiger partial charge in [-0.1, -0.05) is 93.6 Å². The Labute approximate surface area is 165 Å². The highest BCUT2D eigenvalue weighted by Gasteiger charge is 2.11. The van der Waals surface area contributed by atoms with E-state index in [0.29, 0.717) is 0 Å². The van der Waals surface area contributed by atoms with Crippen LogP contribution in [-0.2, 0) is 9.53 Å². The number of ether oxygens (including phenoxy) is 1. The van der Waals surface area contributed by atoms with Crippen LogP contribution in [0, 0.1) is 0 Å². The Balaban J connectivity index is 3.77. The first-order chi connectivity index (χ1) is 12.2. The fourth-order valence-corrected chi connectivity index (χ4v) is 3.40. The first kappa shape index (κ1) is 24.7. The Morgan fingerprint density at radius 2 is 1.48 bits per heavy atom. The van der Waals surface area contributed by atoms with Crippen molar-refractivity contribution in [1.29, 1.82) is 0 Å². The molecule has 0 aromatic heterocycles. The summed E-state index contributed by atoms with van der Waals surface area (Å²) in [6, 6.07) is 0. The zero-order valence-electron chi connectivity index (χ0n) is 16.7. The lowest BCUT2D eigenvalue weighted by molar-refractivity contribution is -0.143. The van der Waals surface area contributed by atoms with Gasteiger partial charge in [0.2, 0.25) is 0 Å². The van der Waals surface area contributed by atoms with E-state index in [1.165, 1.54) is 70.6 Å². The highest BCUT2D eigenvalue weighted by Crippen LogP contribution is 2.14. The molecule has 1 unspecified atom stereocenters. The second-order valence-electron chi connectivity index (χ2n) is 7.05. The lowest BCUT2D eigenvalue weighted by Gasteiger charge is -2.16. The monoisotopic (exact) mass is 416 g/mol. The van der Waals surface area contributed by atoms with Crippen LogP contribution in [0.2, 0.25) is 0 Å². The first-order valence-electron chi connectivity index (χ1n) is 10.7. The molecule has 0 N–H and O–H groups in total. The van der Waals surface area contributed by atoms with Crippen LogP contribution in [0.4, 0.5) is 0 Å². The third-order valence-corrected chi connectivity index (χ3v) is 5.09. The molecule has 148 valence electrons. The van der Waals surface area contributed by atoms with E-state index in [9.17, 15) is 4.79 Å². The van der Waals surface area contributed by atoms with Gasteiger partial charge in [0.05, 0.1) is 0 Å². The molecule has 25 heavy (non-hydrogen) atoms.